The zero-order chi connectivity index (χ0) is 17.1. The van der Waals surface area contributed by atoms with Crippen molar-refractivity contribution in [2.75, 3.05) is 25.1 Å². The molecule has 24 heavy (non-hydrogen) atoms. The number of benzene rings is 1. The van der Waals surface area contributed by atoms with Crippen LogP contribution in [0.3, 0.4) is 0 Å². The van der Waals surface area contributed by atoms with E-state index in [1.54, 1.807) is 18.6 Å². The Morgan fingerprint density at radius 3 is 2.96 bits per heavy atom. The average Bonchev–Trinajstić information content (AvgIpc) is 3.12. The molecule has 1 aromatic heterocycles. The Morgan fingerprint density at radius 2 is 2.25 bits per heavy atom. The van der Waals surface area contributed by atoms with Gasteiger partial charge in [0.15, 0.2) is 10.9 Å². The number of amides is 1. The van der Waals surface area contributed by atoms with Gasteiger partial charge in [0.2, 0.25) is 0 Å². The highest BCUT2D eigenvalue weighted by molar-refractivity contribution is 7.13. The second kappa shape index (κ2) is 7.00. The van der Waals surface area contributed by atoms with Crippen molar-refractivity contribution in [1.82, 2.24) is 4.98 Å². The molecule has 0 radical (unpaired) electrons. The first kappa shape index (κ1) is 16.4. The van der Waals surface area contributed by atoms with Crippen molar-refractivity contribution in [1.29, 1.82) is 0 Å². The van der Waals surface area contributed by atoms with Crippen LogP contribution in [0.15, 0.2) is 29.6 Å². The van der Waals surface area contributed by atoms with Gasteiger partial charge >= 0.3 is 0 Å². The summed E-state index contributed by atoms with van der Waals surface area (Å²) in [6.07, 6.45) is 1.76. The summed E-state index contributed by atoms with van der Waals surface area (Å²) in [5, 5.41) is 2.40. The molecule has 6 nitrogen and oxygen atoms in total. The second-order valence-electron chi connectivity index (χ2n) is 5.76. The first-order chi connectivity index (χ1) is 11.6. The van der Waals surface area contributed by atoms with Gasteiger partial charge in [0, 0.05) is 30.0 Å². The molecule has 7 heteroatoms. The number of aromatic nitrogens is 1. The zero-order valence-corrected chi connectivity index (χ0v) is 14.2. The smallest absolute Gasteiger partial charge is 0.268 e. The van der Waals surface area contributed by atoms with E-state index < -0.39 is 5.91 Å². The van der Waals surface area contributed by atoms with E-state index >= 15 is 0 Å². The molecule has 0 saturated carbocycles. The van der Waals surface area contributed by atoms with Crippen molar-refractivity contribution in [2.45, 2.75) is 12.8 Å². The summed E-state index contributed by atoms with van der Waals surface area (Å²) in [4.78, 5) is 30.3. The van der Waals surface area contributed by atoms with Crippen LogP contribution < -0.4 is 15.4 Å². The summed E-state index contributed by atoms with van der Waals surface area (Å²) < 4.78 is 5.19. The first-order valence-electron chi connectivity index (χ1n) is 7.77. The maximum absolute atomic E-state index is 12.8. The van der Waals surface area contributed by atoms with Crippen LogP contribution in [0.4, 0.5) is 5.13 Å². The molecule has 1 amide bonds. The Kier molecular flexibility index (Phi) is 4.80. The Labute approximate surface area is 144 Å². The standard InChI is InChI=1S/C17H19N3O3S/c1-23-13-6-2-4-11(8-13)15(21)12-5-3-7-20(9-12)17-19-14(10-24-17)16(18)22/h2,4,6,8,10,12H,3,5,7,9H2,1H3,(H2,18,22)/t12-/m0/s1. The Hall–Kier alpha value is -2.41. The highest BCUT2D eigenvalue weighted by Gasteiger charge is 2.28. The third-order valence-electron chi connectivity index (χ3n) is 4.16. The molecule has 0 aliphatic carbocycles. The van der Waals surface area contributed by atoms with Gasteiger partial charge in [0.1, 0.15) is 11.4 Å². The fourth-order valence-corrected chi connectivity index (χ4v) is 3.75. The third kappa shape index (κ3) is 3.41. The van der Waals surface area contributed by atoms with Gasteiger partial charge in [0.05, 0.1) is 7.11 Å². The lowest BCUT2D eigenvalue weighted by Gasteiger charge is -2.31. The van der Waals surface area contributed by atoms with Gasteiger partial charge in [-0.1, -0.05) is 12.1 Å². The normalized spacial score (nSPS) is 17.5. The molecular weight excluding hydrogens is 326 g/mol. The number of methoxy groups -OCH3 is 1. The number of ketones is 1. The Morgan fingerprint density at radius 1 is 1.42 bits per heavy atom. The summed E-state index contributed by atoms with van der Waals surface area (Å²) in [5.41, 5.74) is 6.20. The van der Waals surface area contributed by atoms with E-state index in [9.17, 15) is 9.59 Å². The number of carbonyl (C=O) groups is 2. The van der Waals surface area contributed by atoms with E-state index in [0.29, 0.717) is 17.9 Å². The minimum atomic E-state index is -0.529. The van der Waals surface area contributed by atoms with Gasteiger partial charge in [-0.25, -0.2) is 4.98 Å². The number of thiazole rings is 1. The summed E-state index contributed by atoms with van der Waals surface area (Å²) in [6, 6.07) is 7.24. The van der Waals surface area contributed by atoms with Crippen LogP contribution >= 0.6 is 11.3 Å². The first-order valence-corrected chi connectivity index (χ1v) is 8.65. The molecule has 1 saturated heterocycles. The van der Waals surface area contributed by atoms with Crippen LogP contribution in [0.25, 0.3) is 0 Å². The molecule has 1 atom stereocenters. The highest BCUT2D eigenvalue weighted by atomic mass is 32.1. The van der Waals surface area contributed by atoms with Gasteiger partial charge in [-0.05, 0) is 25.0 Å². The minimum Gasteiger partial charge on any atom is -0.497 e. The van der Waals surface area contributed by atoms with Crippen molar-refractivity contribution < 1.29 is 14.3 Å². The fraction of sp³-hybridized carbons (Fsp3) is 0.353. The third-order valence-corrected chi connectivity index (χ3v) is 5.06. The number of primary amides is 1. The molecular formula is C17H19N3O3S. The lowest BCUT2D eigenvalue weighted by molar-refractivity contribution is 0.0906. The molecule has 1 fully saturated rings. The number of rotatable bonds is 5. The number of nitrogens with two attached hydrogens (primary N) is 1. The van der Waals surface area contributed by atoms with Gasteiger partial charge in [0.25, 0.3) is 5.91 Å². The van der Waals surface area contributed by atoms with Gasteiger partial charge in [-0.2, -0.15) is 0 Å². The number of Topliss-reactive ketones (excluding diaryl/α,β-unsaturated/α-hetero) is 1. The van der Waals surface area contributed by atoms with E-state index in [1.165, 1.54) is 11.3 Å². The predicted octanol–water partition coefficient (Wildman–Crippen LogP) is 2.35. The number of hydrogen-bond donors (Lipinski definition) is 1. The van der Waals surface area contributed by atoms with Crippen LogP contribution in [0.5, 0.6) is 5.75 Å². The van der Waals surface area contributed by atoms with Crippen LogP contribution in [0.1, 0.15) is 33.7 Å². The molecule has 1 aliphatic rings. The van der Waals surface area contributed by atoms with E-state index in [4.69, 9.17) is 10.5 Å². The van der Waals surface area contributed by atoms with E-state index in [0.717, 1.165) is 24.5 Å². The van der Waals surface area contributed by atoms with E-state index in [1.807, 2.05) is 18.2 Å². The van der Waals surface area contributed by atoms with Crippen molar-refractivity contribution in [2.24, 2.45) is 11.7 Å². The van der Waals surface area contributed by atoms with Crippen LogP contribution in [-0.4, -0.2) is 36.9 Å². The topological polar surface area (TPSA) is 85.5 Å². The molecule has 1 aliphatic heterocycles. The maximum Gasteiger partial charge on any atom is 0.268 e. The maximum atomic E-state index is 12.8. The minimum absolute atomic E-state index is 0.0909. The lowest BCUT2D eigenvalue weighted by Crippen LogP contribution is -2.38. The van der Waals surface area contributed by atoms with Crippen molar-refractivity contribution in [3.05, 3.63) is 40.9 Å². The van der Waals surface area contributed by atoms with Crippen LogP contribution in [0, 0.1) is 5.92 Å². The number of anilines is 1. The van der Waals surface area contributed by atoms with Gasteiger partial charge in [-0.15, -0.1) is 11.3 Å². The van der Waals surface area contributed by atoms with Gasteiger partial charge in [-0.3, -0.25) is 9.59 Å². The molecule has 2 heterocycles. The number of hydrogen-bond acceptors (Lipinski definition) is 6. The molecule has 126 valence electrons. The Bertz CT molecular complexity index is 759. The summed E-state index contributed by atoms with van der Waals surface area (Å²) >= 11 is 1.38. The largest absolute Gasteiger partial charge is 0.497 e. The fourth-order valence-electron chi connectivity index (χ4n) is 2.90. The van der Waals surface area contributed by atoms with Crippen molar-refractivity contribution in [3.8, 4) is 5.75 Å². The van der Waals surface area contributed by atoms with E-state index in [-0.39, 0.29) is 17.4 Å². The summed E-state index contributed by atoms with van der Waals surface area (Å²) in [6.45, 7) is 1.43. The van der Waals surface area contributed by atoms with E-state index in [2.05, 4.69) is 9.88 Å². The summed E-state index contributed by atoms with van der Waals surface area (Å²) in [5.74, 6) is 0.176. The Balaban J connectivity index is 1.74. The number of ether oxygens (including phenoxy) is 1. The molecule has 3 rings (SSSR count). The SMILES string of the molecule is COc1cccc(C(=O)[C@H]2CCCN(c3nc(C(N)=O)cs3)C2)c1. The van der Waals surface area contributed by atoms with Crippen molar-refractivity contribution in [3.63, 3.8) is 0 Å². The van der Waals surface area contributed by atoms with Gasteiger partial charge < -0.3 is 15.4 Å². The lowest BCUT2D eigenvalue weighted by atomic mass is 9.90. The molecule has 0 unspecified atom stereocenters. The monoisotopic (exact) mass is 345 g/mol. The predicted molar refractivity (Wildman–Crippen MR) is 92.9 cm³/mol. The second-order valence-corrected chi connectivity index (χ2v) is 6.60. The number of piperidine rings is 1. The summed E-state index contributed by atoms with van der Waals surface area (Å²) in [7, 11) is 1.59. The van der Waals surface area contributed by atoms with Crippen LogP contribution in [-0.2, 0) is 0 Å². The molecule has 0 spiro atoms. The zero-order valence-electron chi connectivity index (χ0n) is 13.4. The number of nitrogens with zero attached hydrogens (tertiary/aromatic N) is 2. The molecule has 0 bridgehead atoms. The molecule has 2 aromatic rings. The highest BCUT2D eigenvalue weighted by Crippen LogP contribution is 2.28. The number of carbonyl (C=O) groups excluding carboxylic acids is 2. The quantitative estimate of drug-likeness (QED) is 0.841. The molecule has 2 N–H and O–H groups in total. The molecule has 1 aromatic carbocycles. The average molecular weight is 345 g/mol. The van der Waals surface area contributed by atoms with Crippen molar-refractivity contribution >= 4 is 28.2 Å². The van der Waals surface area contributed by atoms with Crippen LogP contribution in [0.2, 0.25) is 0 Å².